The van der Waals surface area contributed by atoms with Crippen LogP contribution in [0.25, 0.3) is 0 Å². The van der Waals surface area contributed by atoms with Crippen molar-refractivity contribution in [1.29, 1.82) is 0 Å². The van der Waals surface area contributed by atoms with E-state index in [1.807, 2.05) is 19.1 Å². The molecule has 1 aliphatic heterocycles. The number of rotatable bonds is 8. The molecule has 1 aliphatic carbocycles. The Kier molecular flexibility index (Phi) is 6.67. The zero-order valence-corrected chi connectivity index (χ0v) is 19.3. The largest absolute Gasteiger partial charge is 0.493 e. The van der Waals surface area contributed by atoms with Crippen LogP contribution in [0.1, 0.15) is 55.2 Å². The van der Waals surface area contributed by atoms with Gasteiger partial charge < -0.3 is 24.1 Å². The van der Waals surface area contributed by atoms with E-state index in [-0.39, 0.29) is 30.3 Å². The van der Waals surface area contributed by atoms with Crippen LogP contribution in [0.15, 0.2) is 23.3 Å². The highest BCUT2D eigenvalue weighted by atomic mass is 16.5. The topological polar surface area (TPSA) is 112 Å². The smallest absolute Gasteiger partial charge is 0.319 e. The molecule has 33 heavy (non-hydrogen) atoms. The predicted octanol–water partition coefficient (Wildman–Crippen LogP) is 3.48. The van der Waals surface area contributed by atoms with Gasteiger partial charge in [-0.05, 0) is 49.8 Å². The molecule has 2 aromatic rings. The lowest BCUT2D eigenvalue weighted by Crippen LogP contribution is -2.33. The number of methoxy groups -OCH3 is 3. The van der Waals surface area contributed by atoms with Crippen molar-refractivity contribution in [2.45, 2.75) is 44.6 Å². The summed E-state index contributed by atoms with van der Waals surface area (Å²) >= 11 is 0. The van der Waals surface area contributed by atoms with E-state index in [1.54, 1.807) is 20.4 Å². The Morgan fingerprint density at radius 2 is 1.91 bits per heavy atom. The van der Waals surface area contributed by atoms with Gasteiger partial charge in [0.05, 0.1) is 45.3 Å². The molecular formula is C24H29N3O6. The first-order chi connectivity index (χ1) is 16.0. The Morgan fingerprint density at radius 3 is 2.58 bits per heavy atom. The maximum Gasteiger partial charge on any atom is 0.319 e. The van der Waals surface area contributed by atoms with Crippen LogP contribution in [0.4, 0.5) is 0 Å². The van der Waals surface area contributed by atoms with E-state index in [4.69, 9.17) is 23.9 Å². The number of hydrogen-bond donors (Lipinski definition) is 1. The van der Waals surface area contributed by atoms with E-state index >= 15 is 0 Å². The lowest BCUT2D eigenvalue weighted by Gasteiger charge is -2.38. The Labute approximate surface area is 192 Å². The fraction of sp³-hybridized carbons (Fsp3) is 0.500. The van der Waals surface area contributed by atoms with Gasteiger partial charge >= 0.3 is 12.0 Å². The van der Waals surface area contributed by atoms with Crippen molar-refractivity contribution in [1.82, 2.24) is 9.97 Å². The summed E-state index contributed by atoms with van der Waals surface area (Å²) in [6.07, 6.45) is 4.22. The van der Waals surface area contributed by atoms with Crippen molar-refractivity contribution in [2.75, 3.05) is 27.9 Å². The highest BCUT2D eigenvalue weighted by Crippen LogP contribution is 2.47. The highest BCUT2D eigenvalue weighted by Gasteiger charge is 2.39. The molecule has 2 heterocycles. The van der Waals surface area contributed by atoms with Gasteiger partial charge in [0.25, 0.3) is 0 Å². The lowest BCUT2D eigenvalue weighted by atomic mass is 9.70. The summed E-state index contributed by atoms with van der Waals surface area (Å²) in [6, 6.07) is 4.18. The quantitative estimate of drug-likeness (QED) is 0.644. The summed E-state index contributed by atoms with van der Waals surface area (Å²) in [6.45, 7) is 2.43. The van der Waals surface area contributed by atoms with Crippen LogP contribution in [-0.2, 0) is 4.79 Å². The van der Waals surface area contributed by atoms with Crippen LogP contribution in [-0.4, -0.2) is 60.7 Å². The van der Waals surface area contributed by atoms with E-state index in [0.29, 0.717) is 29.5 Å². The van der Waals surface area contributed by atoms with E-state index in [9.17, 15) is 9.90 Å². The van der Waals surface area contributed by atoms with Crippen LogP contribution in [0.3, 0.4) is 0 Å². The number of ether oxygens (including phenoxy) is 4. The van der Waals surface area contributed by atoms with Crippen molar-refractivity contribution >= 4 is 11.7 Å². The summed E-state index contributed by atoms with van der Waals surface area (Å²) in [5.41, 5.74) is 3.35. The highest BCUT2D eigenvalue weighted by molar-refractivity contribution is 6.16. The number of nitrogens with zero attached hydrogens (tertiary/aromatic N) is 3. The van der Waals surface area contributed by atoms with Crippen molar-refractivity contribution in [3.8, 4) is 23.4 Å². The zero-order chi connectivity index (χ0) is 23.5. The van der Waals surface area contributed by atoms with Crippen molar-refractivity contribution in [3.63, 3.8) is 0 Å². The van der Waals surface area contributed by atoms with Gasteiger partial charge in [-0.15, -0.1) is 0 Å². The summed E-state index contributed by atoms with van der Waals surface area (Å²) in [7, 11) is 4.66. The zero-order valence-electron chi connectivity index (χ0n) is 19.3. The average molecular weight is 456 g/mol. The summed E-state index contributed by atoms with van der Waals surface area (Å²) in [5.74, 6) is 1.09. The maximum atomic E-state index is 11.4. The third kappa shape index (κ3) is 4.44. The minimum absolute atomic E-state index is 0.0206. The Balaban J connectivity index is 1.86. The molecule has 0 unspecified atom stereocenters. The van der Waals surface area contributed by atoms with E-state index in [1.165, 1.54) is 7.11 Å². The van der Waals surface area contributed by atoms with Crippen LogP contribution in [0, 0.1) is 5.92 Å². The first-order valence-corrected chi connectivity index (χ1v) is 11.1. The predicted molar refractivity (Wildman–Crippen MR) is 121 cm³/mol. The minimum atomic E-state index is -0.761. The van der Waals surface area contributed by atoms with Gasteiger partial charge in [-0.2, -0.15) is 4.98 Å². The van der Waals surface area contributed by atoms with E-state index in [0.717, 1.165) is 36.1 Å². The first kappa shape index (κ1) is 22.8. The van der Waals surface area contributed by atoms with Crippen LogP contribution >= 0.6 is 0 Å². The van der Waals surface area contributed by atoms with Gasteiger partial charge in [0.15, 0.2) is 11.5 Å². The molecule has 0 saturated heterocycles. The monoisotopic (exact) mass is 455 g/mol. The molecule has 1 aromatic carbocycles. The number of aliphatic carboxylic acids is 1. The molecule has 0 radical (unpaired) electrons. The van der Waals surface area contributed by atoms with Gasteiger partial charge in [0.1, 0.15) is 0 Å². The maximum absolute atomic E-state index is 11.4. The van der Waals surface area contributed by atoms with Crippen molar-refractivity contribution in [2.24, 2.45) is 10.9 Å². The molecule has 9 heteroatoms. The molecule has 9 nitrogen and oxygen atoms in total. The Hall–Kier alpha value is -3.36. The molecule has 1 N–H and O–H groups in total. The number of carbonyl (C=O) groups is 1. The molecule has 176 valence electrons. The number of hydrogen-bond acceptors (Lipinski definition) is 8. The lowest BCUT2D eigenvalue weighted by molar-refractivity contribution is -0.138. The first-order valence-electron chi connectivity index (χ1n) is 11.1. The summed E-state index contributed by atoms with van der Waals surface area (Å²) in [4.78, 5) is 25.1. The number of aromatic nitrogens is 2. The van der Waals surface area contributed by atoms with Gasteiger partial charge in [-0.25, -0.2) is 4.98 Å². The fourth-order valence-electron chi connectivity index (χ4n) is 4.90. The van der Waals surface area contributed by atoms with Crippen molar-refractivity contribution < 1.29 is 28.8 Å². The van der Waals surface area contributed by atoms with Gasteiger partial charge in [-0.3, -0.25) is 9.79 Å². The second kappa shape index (κ2) is 9.64. The van der Waals surface area contributed by atoms with Crippen LogP contribution < -0.4 is 18.9 Å². The number of aliphatic imine (C=N–C) groups is 1. The molecule has 3 atom stereocenters. The molecule has 0 amide bonds. The SMILES string of the molecule is CCOc1cc2c(cc1OC)C(c1cnc(OC)nc1OC)=N[C@@H]1CC[C@@H](CC(=O)O)C[C@H]21. The third-order valence-corrected chi connectivity index (χ3v) is 6.33. The number of benzene rings is 1. The van der Waals surface area contributed by atoms with Crippen LogP contribution in [0.5, 0.6) is 23.4 Å². The molecule has 2 aliphatic rings. The number of fused-ring (bicyclic) bond motifs is 3. The second-order valence-electron chi connectivity index (χ2n) is 8.23. The Morgan fingerprint density at radius 1 is 1.09 bits per heavy atom. The molecule has 4 rings (SSSR count). The molecule has 0 spiro atoms. The van der Waals surface area contributed by atoms with E-state index < -0.39 is 5.97 Å². The normalized spacial score (nSPS) is 21.3. The second-order valence-corrected chi connectivity index (χ2v) is 8.23. The molecule has 1 aromatic heterocycles. The van der Waals surface area contributed by atoms with Crippen LogP contribution in [0.2, 0.25) is 0 Å². The third-order valence-electron chi connectivity index (χ3n) is 6.33. The molecule has 1 fully saturated rings. The van der Waals surface area contributed by atoms with E-state index in [2.05, 4.69) is 9.97 Å². The summed E-state index contributed by atoms with van der Waals surface area (Å²) in [5, 5.41) is 9.33. The molecule has 0 bridgehead atoms. The molecule has 1 saturated carbocycles. The minimum Gasteiger partial charge on any atom is -0.493 e. The molecular weight excluding hydrogens is 426 g/mol. The standard InChI is InChI=1S/C24H29N3O6/c1-5-33-20-10-14-15-8-13(9-21(28)29)6-7-18(15)26-22(16(14)11-19(20)30-2)17-12-25-24(32-4)27-23(17)31-3/h10-13,15,18H,5-9H2,1-4H3,(H,28,29)/t13-,15-,18-/m1/s1. The van der Waals surface area contributed by atoms with Gasteiger partial charge in [0, 0.05) is 24.1 Å². The van der Waals surface area contributed by atoms with Gasteiger partial charge in [-0.1, -0.05) is 0 Å². The summed E-state index contributed by atoms with van der Waals surface area (Å²) < 4.78 is 22.2. The average Bonchev–Trinajstić information content (AvgIpc) is 2.82. The number of carboxylic acids is 1. The van der Waals surface area contributed by atoms with Crippen molar-refractivity contribution in [3.05, 3.63) is 35.0 Å². The Bertz CT molecular complexity index is 1070. The number of carboxylic acid groups (broad SMARTS) is 1. The van der Waals surface area contributed by atoms with Gasteiger partial charge in [0.2, 0.25) is 5.88 Å². The fourth-order valence-corrected chi connectivity index (χ4v) is 4.90.